The second-order valence-corrected chi connectivity index (χ2v) is 7.13. The van der Waals surface area contributed by atoms with Crippen LogP contribution in [0.5, 0.6) is 5.88 Å². The molecule has 0 aliphatic heterocycles. The Balaban J connectivity index is 2.51. The van der Waals surface area contributed by atoms with Gasteiger partial charge >= 0.3 is 0 Å². The number of hydrogen-bond acceptors (Lipinski definition) is 5. The topological polar surface area (TPSA) is 67.6 Å². The van der Waals surface area contributed by atoms with Gasteiger partial charge in [0.2, 0.25) is 5.88 Å². The number of oxime groups is 1. The molecular formula is C21H20BrN3O2. The van der Waals surface area contributed by atoms with E-state index in [2.05, 4.69) is 31.3 Å². The van der Waals surface area contributed by atoms with Crippen molar-refractivity contribution in [3.8, 4) is 5.88 Å². The Morgan fingerprint density at radius 1 is 1.07 bits per heavy atom. The fourth-order valence-corrected chi connectivity index (χ4v) is 3.84. The van der Waals surface area contributed by atoms with E-state index in [4.69, 9.17) is 4.74 Å². The van der Waals surface area contributed by atoms with Gasteiger partial charge in [0, 0.05) is 10.0 Å². The summed E-state index contributed by atoms with van der Waals surface area (Å²) in [7, 11) is 1.56. The predicted octanol–water partition coefficient (Wildman–Crippen LogP) is 4.74. The van der Waals surface area contributed by atoms with Gasteiger partial charge in [-0.3, -0.25) is 0 Å². The standard InChI is InChI=1S/C21H20BrN3O2/c1-14-6-4-5-7-18(14)21(15(2)25-26,16-8-10-17(22)11-9-16)19-12-13-23-24-20(19)27-3/h4-13,26H,1-3H3/t21-/m1/s1. The summed E-state index contributed by atoms with van der Waals surface area (Å²) < 4.78 is 6.49. The minimum absolute atomic E-state index is 0.381. The third-order valence-corrected chi connectivity index (χ3v) is 5.33. The summed E-state index contributed by atoms with van der Waals surface area (Å²) in [6, 6.07) is 17.8. The molecule has 1 aromatic heterocycles. The Hall–Kier alpha value is -2.73. The molecule has 27 heavy (non-hydrogen) atoms. The highest BCUT2D eigenvalue weighted by atomic mass is 79.9. The molecule has 0 unspecified atom stereocenters. The Kier molecular flexibility index (Phi) is 5.56. The number of rotatable bonds is 5. The molecule has 1 N–H and O–H groups in total. The van der Waals surface area contributed by atoms with E-state index in [-0.39, 0.29) is 0 Å². The quantitative estimate of drug-likeness (QED) is 0.364. The van der Waals surface area contributed by atoms with Crippen molar-refractivity contribution in [1.29, 1.82) is 0 Å². The number of benzene rings is 2. The van der Waals surface area contributed by atoms with Crippen molar-refractivity contribution in [2.75, 3.05) is 7.11 Å². The molecule has 3 rings (SSSR count). The first-order chi connectivity index (χ1) is 13.1. The van der Waals surface area contributed by atoms with Crippen molar-refractivity contribution < 1.29 is 9.94 Å². The van der Waals surface area contributed by atoms with Crippen molar-refractivity contribution in [1.82, 2.24) is 10.2 Å². The molecule has 0 spiro atoms. The lowest BCUT2D eigenvalue weighted by atomic mass is 9.65. The van der Waals surface area contributed by atoms with E-state index in [1.807, 2.05) is 61.5 Å². The number of nitrogens with zero attached hydrogens (tertiary/aromatic N) is 3. The monoisotopic (exact) mass is 425 g/mol. The van der Waals surface area contributed by atoms with E-state index in [0.29, 0.717) is 11.6 Å². The Bertz CT molecular complexity index is 973. The number of aromatic nitrogens is 2. The number of ether oxygens (including phenoxy) is 1. The molecule has 0 bridgehead atoms. The normalized spacial score (nSPS) is 13.9. The molecule has 0 saturated carbocycles. The van der Waals surface area contributed by atoms with Crippen LogP contribution in [0.4, 0.5) is 0 Å². The second kappa shape index (κ2) is 7.88. The van der Waals surface area contributed by atoms with Gasteiger partial charge in [-0.1, -0.05) is 57.5 Å². The average Bonchev–Trinajstić information content (AvgIpc) is 2.71. The molecule has 0 saturated heterocycles. The van der Waals surface area contributed by atoms with E-state index in [1.165, 1.54) is 0 Å². The summed E-state index contributed by atoms with van der Waals surface area (Å²) in [6.45, 7) is 3.84. The van der Waals surface area contributed by atoms with Gasteiger partial charge < -0.3 is 9.94 Å². The molecule has 0 aliphatic carbocycles. The van der Waals surface area contributed by atoms with E-state index < -0.39 is 5.41 Å². The summed E-state index contributed by atoms with van der Waals surface area (Å²) in [5.74, 6) is 0.381. The van der Waals surface area contributed by atoms with Crippen molar-refractivity contribution in [2.45, 2.75) is 19.3 Å². The number of hydrogen-bond donors (Lipinski definition) is 1. The third-order valence-electron chi connectivity index (χ3n) is 4.80. The highest BCUT2D eigenvalue weighted by Crippen LogP contribution is 2.45. The Morgan fingerprint density at radius 3 is 2.41 bits per heavy atom. The highest BCUT2D eigenvalue weighted by molar-refractivity contribution is 9.10. The minimum atomic E-state index is -0.887. The van der Waals surface area contributed by atoms with Gasteiger partial charge in [-0.25, -0.2) is 0 Å². The molecule has 138 valence electrons. The Labute approximate surface area is 166 Å². The summed E-state index contributed by atoms with van der Waals surface area (Å²) >= 11 is 3.49. The average molecular weight is 426 g/mol. The van der Waals surface area contributed by atoms with Crippen LogP contribution in [0.25, 0.3) is 0 Å². The smallest absolute Gasteiger partial charge is 0.238 e. The van der Waals surface area contributed by atoms with Crippen LogP contribution in [0.3, 0.4) is 0 Å². The molecule has 0 radical (unpaired) electrons. The number of aryl methyl sites for hydroxylation is 1. The van der Waals surface area contributed by atoms with Gasteiger partial charge in [-0.05, 0) is 48.7 Å². The van der Waals surface area contributed by atoms with E-state index in [9.17, 15) is 5.21 Å². The van der Waals surface area contributed by atoms with E-state index >= 15 is 0 Å². The lowest BCUT2D eigenvalue weighted by Gasteiger charge is -2.36. The van der Waals surface area contributed by atoms with Gasteiger partial charge in [0.25, 0.3) is 0 Å². The fraction of sp³-hybridized carbons (Fsp3) is 0.190. The molecular weight excluding hydrogens is 406 g/mol. The molecule has 5 nitrogen and oxygen atoms in total. The highest BCUT2D eigenvalue weighted by Gasteiger charge is 2.43. The SMILES string of the molecule is COc1nnccc1[C@](C(C)=NO)(c1ccc(Br)cc1)c1ccccc1C. The molecule has 0 amide bonds. The van der Waals surface area contributed by atoms with Crippen LogP contribution >= 0.6 is 15.9 Å². The maximum Gasteiger partial charge on any atom is 0.238 e. The van der Waals surface area contributed by atoms with Crippen LogP contribution < -0.4 is 4.74 Å². The van der Waals surface area contributed by atoms with Crippen molar-refractivity contribution in [2.24, 2.45) is 5.16 Å². The maximum absolute atomic E-state index is 9.87. The zero-order valence-electron chi connectivity index (χ0n) is 15.3. The minimum Gasteiger partial charge on any atom is -0.480 e. The van der Waals surface area contributed by atoms with Gasteiger partial charge in [-0.2, -0.15) is 5.10 Å². The van der Waals surface area contributed by atoms with Crippen LogP contribution in [-0.4, -0.2) is 28.2 Å². The first-order valence-corrected chi connectivity index (χ1v) is 9.22. The van der Waals surface area contributed by atoms with Crippen molar-refractivity contribution in [3.63, 3.8) is 0 Å². The third kappa shape index (κ3) is 3.21. The van der Waals surface area contributed by atoms with Crippen molar-refractivity contribution >= 4 is 21.6 Å². The van der Waals surface area contributed by atoms with Gasteiger partial charge in [0.1, 0.15) is 0 Å². The van der Waals surface area contributed by atoms with Gasteiger partial charge in [-0.15, -0.1) is 5.10 Å². The molecule has 1 atom stereocenters. The van der Waals surface area contributed by atoms with Gasteiger partial charge in [0.15, 0.2) is 0 Å². The molecule has 1 heterocycles. The van der Waals surface area contributed by atoms with Crippen LogP contribution in [0.15, 0.2) is 70.4 Å². The zero-order valence-corrected chi connectivity index (χ0v) is 16.9. The summed E-state index contributed by atoms with van der Waals surface area (Å²) in [4.78, 5) is 0. The lowest BCUT2D eigenvalue weighted by molar-refractivity contribution is 0.314. The first-order valence-electron chi connectivity index (χ1n) is 8.43. The summed E-state index contributed by atoms with van der Waals surface area (Å²) in [5, 5.41) is 21.6. The largest absolute Gasteiger partial charge is 0.480 e. The number of halogens is 1. The van der Waals surface area contributed by atoms with E-state index in [1.54, 1.807) is 20.2 Å². The maximum atomic E-state index is 9.87. The van der Waals surface area contributed by atoms with Crippen LogP contribution in [0, 0.1) is 6.92 Å². The first kappa shape index (κ1) is 19.0. The fourth-order valence-electron chi connectivity index (χ4n) is 3.58. The van der Waals surface area contributed by atoms with Crippen LogP contribution in [-0.2, 0) is 5.41 Å². The summed E-state index contributed by atoms with van der Waals surface area (Å²) in [6.07, 6.45) is 1.62. The lowest BCUT2D eigenvalue weighted by Crippen LogP contribution is -2.38. The zero-order chi connectivity index (χ0) is 19.4. The van der Waals surface area contributed by atoms with Crippen molar-refractivity contribution in [3.05, 3.63) is 87.5 Å². The molecule has 6 heteroatoms. The number of methoxy groups -OCH3 is 1. The molecule has 2 aromatic carbocycles. The predicted molar refractivity (Wildman–Crippen MR) is 109 cm³/mol. The van der Waals surface area contributed by atoms with Crippen LogP contribution in [0.2, 0.25) is 0 Å². The molecule has 3 aromatic rings. The van der Waals surface area contributed by atoms with Crippen LogP contribution in [0.1, 0.15) is 29.2 Å². The van der Waals surface area contributed by atoms with Gasteiger partial charge in [0.05, 0.1) is 24.4 Å². The Morgan fingerprint density at radius 2 is 1.78 bits per heavy atom. The van der Waals surface area contributed by atoms with E-state index in [0.717, 1.165) is 26.7 Å². The molecule has 0 fully saturated rings. The second-order valence-electron chi connectivity index (χ2n) is 6.21. The summed E-state index contributed by atoms with van der Waals surface area (Å²) in [5.41, 5.74) is 3.34. The molecule has 0 aliphatic rings.